The van der Waals surface area contributed by atoms with E-state index in [-0.39, 0.29) is 0 Å². The number of hydrogen-bond donors (Lipinski definition) is 1. The van der Waals surface area contributed by atoms with Gasteiger partial charge in [0.05, 0.1) is 5.60 Å². The van der Waals surface area contributed by atoms with Crippen LogP contribution < -0.4 is 5.32 Å². The standard InChI is InChI=1S/C13H24F3NO/c1-3-8-17-9-12(18-10-13(14,15)16)6-4-11(2)5-7-12/h11,17H,3-10H2,1-2H3. The molecule has 18 heavy (non-hydrogen) atoms. The Hall–Kier alpha value is -0.290. The lowest BCUT2D eigenvalue weighted by Gasteiger charge is -2.39. The molecule has 0 atom stereocenters. The molecule has 0 aromatic carbocycles. The van der Waals surface area contributed by atoms with Gasteiger partial charge in [0.15, 0.2) is 0 Å². The summed E-state index contributed by atoms with van der Waals surface area (Å²) in [6.07, 6.45) is 0.0891. The van der Waals surface area contributed by atoms with Gasteiger partial charge in [-0.1, -0.05) is 13.8 Å². The van der Waals surface area contributed by atoms with E-state index < -0.39 is 18.4 Å². The average molecular weight is 267 g/mol. The van der Waals surface area contributed by atoms with Crippen molar-refractivity contribution in [2.45, 2.75) is 57.7 Å². The number of ether oxygens (including phenoxy) is 1. The van der Waals surface area contributed by atoms with Crippen LogP contribution in [-0.2, 0) is 4.74 Å². The highest BCUT2D eigenvalue weighted by molar-refractivity contribution is 4.88. The van der Waals surface area contributed by atoms with Gasteiger partial charge in [-0.25, -0.2) is 0 Å². The monoisotopic (exact) mass is 267 g/mol. The van der Waals surface area contributed by atoms with Crippen molar-refractivity contribution >= 4 is 0 Å². The second kappa shape index (κ2) is 6.75. The Bertz CT molecular complexity index is 235. The minimum Gasteiger partial charge on any atom is -0.364 e. The molecule has 0 unspecified atom stereocenters. The van der Waals surface area contributed by atoms with E-state index >= 15 is 0 Å². The topological polar surface area (TPSA) is 21.3 Å². The SMILES string of the molecule is CCCNCC1(OCC(F)(F)F)CCC(C)CC1. The molecule has 1 fully saturated rings. The zero-order valence-electron chi connectivity index (χ0n) is 11.3. The zero-order chi connectivity index (χ0) is 13.6. The van der Waals surface area contributed by atoms with E-state index in [1.54, 1.807) is 0 Å². The summed E-state index contributed by atoms with van der Waals surface area (Å²) in [6.45, 7) is 4.41. The Morgan fingerprint density at radius 1 is 1.28 bits per heavy atom. The Morgan fingerprint density at radius 2 is 1.89 bits per heavy atom. The van der Waals surface area contributed by atoms with Gasteiger partial charge < -0.3 is 10.1 Å². The van der Waals surface area contributed by atoms with Crippen molar-refractivity contribution in [2.75, 3.05) is 19.7 Å². The molecule has 0 radical (unpaired) electrons. The summed E-state index contributed by atoms with van der Waals surface area (Å²) in [7, 11) is 0. The van der Waals surface area contributed by atoms with Gasteiger partial charge in [-0.15, -0.1) is 0 Å². The molecule has 0 saturated heterocycles. The molecular weight excluding hydrogens is 243 g/mol. The molecule has 1 aliphatic rings. The van der Waals surface area contributed by atoms with Gasteiger partial charge >= 0.3 is 6.18 Å². The predicted octanol–water partition coefficient (Wildman–Crippen LogP) is 3.51. The normalized spacial score (nSPS) is 29.5. The maximum absolute atomic E-state index is 12.3. The molecule has 0 aliphatic heterocycles. The van der Waals surface area contributed by atoms with Gasteiger partial charge in [-0.2, -0.15) is 13.2 Å². The Kier molecular flexibility index (Phi) is 5.92. The van der Waals surface area contributed by atoms with Crippen molar-refractivity contribution in [1.29, 1.82) is 0 Å². The third kappa shape index (κ3) is 5.57. The predicted molar refractivity (Wildman–Crippen MR) is 65.5 cm³/mol. The molecule has 1 saturated carbocycles. The Morgan fingerprint density at radius 3 is 2.39 bits per heavy atom. The van der Waals surface area contributed by atoms with Crippen LogP contribution in [0.4, 0.5) is 13.2 Å². The maximum atomic E-state index is 12.3. The summed E-state index contributed by atoms with van der Waals surface area (Å²) in [5, 5.41) is 3.20. The highest BCUT2D eigenvalue weighted by Gasteiger charge is 2.39. The highest BCUT2D eigenvalue weighted by atomic mass is 19.4. The van der Waals surface area contributed by atoms with Gasteiger partial charge in [0, 0.05) is 6.54 Å². The molecule has 1 N–H and O–H groups in total. The van der Waals surface area contributed by atoms with Crippen LogP contribution in [0.15, 0.2) is 0 Å². The van der Waals surface area contributed by atoms with E-state index in [9.17, 15) is 13.2 Å². The average Bonchev–Trinajstić information content (AvgIpc) is 2.30. The van der Waals surface area contributed by atoms with Crippen molar-refractivity contribution in [1.82, 2.24) is 5.32 Å². The van der Waals surface area contributed by atoms with Crippen molar-refractivity contribution in [2.24, 2.45) is 5.92 Å². The van der Waals surface area contributed by atoms with Crippen LogP contribution in [0.3, 0.4) is 0 Å². The number of halogens is 3. The van der Waals surface area contributed by atoms with E-state index in [4.69, 9.17) is 4.74 Å². The van der Waals surface area contributed by atoms with Crippen LogP contribution in [-0.4, -0.2) is 31.5 Å². The lowest BCUT2D eigenvalue weighted by Crippen LogP contribution is -2.47. The van der Waals surface area contributed by atoms with E-state index in [2.05, 4.69) is 12.2 Å². The summed E-state index contributed by atoms with van der Waals surface area (Å²) in [5.74, 6) is 0.596. The number of rotatable bonds is 6. The fraction of sp³-hybridized carbons (Fsp3) is 1.00. The van der Waals surface area contributed by atoms with Gasteiger partial charge in [-0.05, 0) is 44.6 Å². The van der Waals surface area contributed by atoms with Crippen LogP contribution in [0.25, 0.3) is 0 Å². The molecule has 1 rings (SSSR count). The van der Waals surface area contributed by atoms with E-state index in [1.807, 2.05) is 6.92 Å². The first-order valence-corrected chi connectivity index (χ1v) is 6.78. The van der Waals surface area contributed by atoms with Gasteiger partial charge in [-0.3, -0.25) is 0 Å². The lowest BCUT2D eigenvalue weighted by atomic mass is 9.79. The molecule has 5 heteroatoms. The number of hydrogen-bond acceptors (Lipinski definition) is 2. The van der Waals surface area contributed by atoms with Crippen LogP contribution >= 0.6 is 0 Å². The smallest absolute Gasteiger partial charge is 0.364 e. The summed E-state index contributed by atoms with van der Waals surface area (Å²) >= 11 is 0. The van der Waals surface area contributed by atoms with Crippen molar-refractivity contribution < 1.29 is 17.9 Å². The summed E-state index contributed by atoms with van der Waals surface area (Å²) in [4.78, 5) is 0. The van der Waals surface area contributed by atoms with E-state index in [0.717, 1.165) is 38.6 Å². The van der Waals surface area contributed by atoms with Crippen molar-refractivity contribution in [3.8, 4) is 0 Å². The Labute approximate surface area is 107 Å². The third-order valence-electron chi connectivity index (χ3n) is 3.60. The minimum absolute atomic E-state index is 0.531. The van der Waals surface area contributed by atoms with Crippen LogP contribution in [0.5, 0.6) is 0 Å². The minimum atomic E-state index is -4.24. The third-order valence-corrected chi connectivity index (χ3v) is 3.60. The maximum Gasteiger partial charge on any atom is 0.411 e. The van der Waals surface area contributed by atoms with Crippen molar-refractivity contribution in [3.63, 3.8) is 0 Å². The molecular formula is C13H24F3NO. The summed E-state index contributed by atoms with van der Waals surface area (Å²) < 4.78 is 42.1. The van der Waals surface area contributed by atoms with E-state index in [1.165, 1.54) is 0 Å². The van der Waals surface area contributed by atoms with Crippen LogP contribution in [0, 0.1) is 5.92 Å². The van der Waals surface area contributed by atoms with Crippen molar-refractivity contribution in [3.05, 3.63) is 0 Å². The number of alkyl halides is 3. The second-order valence-electron chi connectivity index (χ2n) is 5.45. The quantitative estimate of drug-likeness (QED) is 0.744. The fourth-order valence-electron chi connectivity index (χ4n) is 2.39. The van der Waals surface area contributed by atoms with Gasteiger partial charge in [0.2, 0.25) is 0 Å². The molecule has 108 valence electrons. The van der Waals surface area contributed by atoms with Gasteiger partial charge in [0.1, 0.15) is 6.61 Å². The second-order valence-corrected chi connectivity index (χ2v) is 5.45. The molecule has 0 heterocycles. The first kappa shape index (κ1) is 15.8. The Balaban J connectivity index is 2.51. The number of nitrogens with one attached hydrogen (secondary N) is 1. The van der Waals surface area contributed by atoms with E-state index in [0.29, 0.717) is 12.5 Å². The molecule has 2 nitrogen and oxygen atoms in total. The highest BCUT2D eigenvalue weighted by Crippen LogP contribution is 2.35. The summed E-state index contributed by atoms with van der Waals surface area (Å²) in [6, 6.07) is 0. The molecule has 0 aromatic heterocycles. The summed E-state index contributed by atoms with van der Waals surface area (Å²) in [5.41, 5.74) is -0.614. The first-order valence-electron chi connectivity index (χ1n) is 6.78. The lowest BCUT2D eigenvalue weighted by molar-refractivity contribution is -0.211. The van der Waals surface area contributed by atoms with Crippen LogP contribution in [0.1, 0.15) is 46.0 Å². The largest absolute Gasteiger partial charge is 0.411 e. The molecule has 0 bridgehead atoms. The molecule has 0 spiro atoms. The molecule has 1 aliphatic carbocycles. The zero-order valence-corrected chi connectivity index (χ0v) is 11.3. The van der Waals surface area contributed by atoms with Gasteiger partial charge in [0.25, 0.3) is 0 Å². The first-order chi connectivity index (χ1) is 8.37. The fourth-order valence-corrected chi connectivity index (χ4v) is 2.39. The van der Waals surface area contributed by atoms with Crippen LogP contribution in [0.2, 0.25) is 0 Å². The molecule has 0 amide bonds. The molecule has 0 aromatic rings.